The normalized spacial score (nSPS) is 17.4. The molecule has 0 fully saturated rings. The van der Waals surface area contributed by atoms with E-state index in [2.05, 4.69) is 53.8 Å². The summed E-state index contributed by atoms with van der Waals surface area (Å²) in [5.74, 6) is -0.409. The van der Waals surface area contributed by atoms with Crippen LogP contribution >= 0.6 is 0 Å². The average Bonchev–Trinajstić information content (AvgIpc) is 2.78. The molecule has 1 amide bonds. The maximum atomic E-state index is 10.3. The molecular weight excluding hydrogens is 453 g/mol. The third-order valence-electron chi connectivity index (χ3n) is 6.01. The molecule has 1 unspecified atom stereocenters. The number of carbonyl (C=O) groups is 1. The first-order chi connectivity index (χ1) is 12.2. The first-order valence-corrected chi connectivity index (χ1v) is 13.6. The van der Waals surface area contributed by atoms with Gasteiger partial charge in [-0.25, -0.2) is 5.57 Å². The summed E-state index contributed by atoms with van der Waals surface area (Å²) in [6.07, 6.45) is 15.4. The molecule has 1 aliphatic rings. The molecule has 1 atom stereocenters. The van der Waals surface area contributed by atoms with Gasteiger partial charge in [0, 0.05) is 14.7 Å². The maximum absolute atomic E-state index is 10.3. The van der Waals surface area contributed by atoms with E-state index >= 15 is 0 Å². The van der Waals surface area contributed by atoms with E-state index in [1.54, 1.807) is 5.57 Å². The van der Waals surface area contributed by atoms with Crippen LogP contribution in [0.3, 0.4) is 0 Å². The zero-order chi connectivity index (χ0) is 20.2. The van der Waals surface area contributed by atoms with E-state index in [0.29, 0.717) is 11.5 Å². The van der Waals surface area contributed by atoms with Gasteiger partial charge in [-0.05, 0) is 12.8 Å². The summed E-state index contributed by atoms with van der Waals surface area (Å²) in [7, 11) is -0.663. The van der Waals surface area contributed by atoms with Crippen LogP contribution in [0.2, 0.25) is 18.1 Å². The molecule has 0 aliphatic heterocycles. The van der Waals surface area contributed by atoms with Crippen LogP contribution in [0, 0.1) is 6.08 Å². The van der Waals surface area contributed by atoms with Crippen molar-refractivity contribution < 1.29 is 51.3 Å². The van der Waals surface area contributed by atoms with Crippen LogP contribution < -0.4 is 24.8 Å². The molecule has 0 aromatic rings. The van der Waals surface area contributed by atoms with Gasteiger partial charge in [0.2, 0.25) is 0 Å². The van der Waals surface area contributed by atoms with Gasteiger partial charge in [-0.2, -0.15) is 11.1 Å². The minimum absolute atomic E-state index is 0. The van der Waals surface area contributed by atoms with Gasteiger partial charge < -0.3 is 35.3 Å². The van der Waals surface area contributed by atoms with Crippen molar-refractivity contribution in [3.05, 3.63) is 28.5 Å². The summed E-state index contributed by atoms with van der Waals surface area (Å²) in [5, 5.41) is 0.328. The maximum Gasteiger partial charge on any atom is 4.00 e. The first-order valence-electron chi connectivity index (χ1n) is 10.7. The molecule has 29 heavy (non-hydrogen) atoms. The Bertz CT molecular complexity index is 495. The smallest absolute Gasteiger partial charge is 1.00 e. The van der Waals surface area contributed by atoms with E-state index in [0.717, 1.165) is 12.8 Å². The number of hydrogen-bond donors (Lipinski definition) is 0. The molecule has 1 N–H and O–H groups in total. The van der Waals surface area contributed by atoms with Gasteiger partial charge >= 0.3 is 21.7 Å². The Balaban J connectivity index is -0.000000197. The molecule has 168 valence electrons. The number of halogens is 2. The van der Waals surface area contributed by atoms with E-state index < -0.39 is 14.7 Å². The zero-order valence-corrected chi connectivity index (χ0v) is 24.0. The van der Waals surface area contributed by atoms with E-state index in [9.17, 15) is 4.79 Å². The molecule has 0 heterocycles. The summed E-state index contributed by atoms with van der Waals surface area (Å²) in [5.41, 5.74) is 11.1. The van der Waals surface area contributed by atoms with Gasteiger partial charge in [-0.1, -0.05) is 97.2 Å². The fraction of sp³-hybridized carbons (Fsp3) is 0.783. The number of hydrogen-bond acceptors (Lipinski definition) is 1. The number of carbonyl (C=O) groups excluding carboxylic acids is 1. The molecule has 1 aliphatic carbocycles. The number of unbranched alkanes of at least 4 members (excludes halogenated alkanes) is 8. The van der Waals surface area contributed by atoms with Crippen molar-refractivity contribution in [1.29, 1.82) is 0 Å². The summed E-state index contributed by atoms with van der Waals surface area (Å²) in [6.45, 7) is 16.1. The van der Waals surface area contributed by atoms with Crippen LogP contribution in [-0.4, -0.2) is 14.7 Å². The number of amides is 1. The average molecular weight is 496 g/mol. The molecular formula is C23H43Cl2NOSiTi. The molecule has 0 aromatic carbocycles. The van der Waals surface area contributed by atoms with Gasteiger partial charge in [0.15, 0.2) is 0 Å². The largest absolute Gasteiger partial charge is 4.00 e. The predicted octanol–water partition coefficient (Wildman–Crippen LogP) is 1.82. The number of allylic oxidation sites excluding steroid dienone is 4. The molecule has 0 saturated heterocycles. The second-order valence-electron chi connectivity index (χ2n) is 8.36. The SMILES string of the molecule is CC1=[C-]C(C)([SiH](C)C)C(C)=C1C.CCCCCCCCCCCC([NH-])=O.[Cl-].[Cl-].[Ti+4]. The van der Waals surface area contributed by atoms with Crippen LogP contribution in [0.5, 0.6) is 0 Å². The molecule has 6 heteroatoms. The second kappa shape index (κ2) is 20.4. The number of nitrogens with one attached hydrogen (secondary N) is 1. The Kier molecular flexibility index (Phi) is 25.9. The minimum Gasteiger partial charge on any atom is -1.00 e. The Morgan fingerprint density at radius 2 is 1.34 bits per heavy atom. The standard InChI is InChI=1S/C12H25NO.C11H19Si.2ClH.Ti/c1-2-3-4-5-6-7-8-9-10-11-12(13)14;1-8-7-11(4,12(5)6)10(3)9(8)2;;;/h2-11H2,1H3,(H2,13,14);12H,1-6H3;2*1H;/q;-1;;;+4/p-3. The van der Waals surface area contributed by atoms with Gasteiger partial charge in [-0.15, -0.1) is 6.92 Å². The van der Waals surface area contributed by atoms with Crippen LogP contribution in [0.1, 0.15) is 98.8 Å². The van der Waals surface area contributed by atoms with E-state index in [1.807, 2.05) is 0 Å². The van der Waals surface area contributed by atoms with Crippen LogP contribution in [0.25, 0.3) is 5.73 Å². The van der Waals surface area contributed by atoms with Gasteiger partial charge in [0.25, 0.3) is 0 Å². The number of rotatable bonds is 11. The molecule has 0 bridgehead atoms. The third kappa shape index (κ3) is 15.0. The summed E-state index contributed by atoms with van der Waals surface area (Å²) >= 11 is 0. The Morgan fingerprint density at radius 3 is 1.62 bits per heavy atom. The fourth-order valence-corrected chi connectivity index (χ4v) is 5.01. The molecule has 0 saturated carbocycles. The third-order valence-corrected chi connectivity index (χ3v) is 8.90. The summed E-state index contributed by atoms with van der Waals surface area (Å²) in [6, 6.07) is 0. The van der Waals surface area contributed by atoms with Crippen molar-refractivity contribution >= 4 is 14.7 Å². The van der Waals surface area contributed by atoms with Crippen LogP contribution in [0.4, 0.5) is 0 Å². The van der Waals surface area contributed by atoms with Crippen molar-refractivity contribution in [1.82, 2.24) is 0 Å². The quantitative estimate of drug-likeness (QED) is 0.245. The Hall–Kier alpha value is 0.461. The Labute approximate surface area is 210 Å². The molecule has 2 nitrogen and oxygen atoms in total. The fourth-order valence-electron chi connectivity index (χ4n) is 3.42. The van der Waals surface area contributed by atoms with Crippen molar-refractivity contribution in [2.45, 2.75) is 117 Å². The van der Waals surface area contributed by atoms with Gasteiger partial charge in [-0.3, -0.25) is 6.08 Å². The molecule has 0 radical (unpaired) electrons. The van der Waals surface area contributed by atoms with Crippen LogP contribution in [0.15, 0.2) is 16.7 Å². The van der Waals surface area contributed by atoms with Crippen molar-refractivity contribution in [2.24, 2.45) is 0 Å². The van der Waals surface area contributed by atoms with Crippen molar-refractivity contribution in [2.75, 3.05) is 0 Å². The minimum atomic E-state index is -0.663. The van der Waals surface area contributed by atoms with Crippen molar-refractivity contribution in [3.63, 3.8) is 0 Å². The zero-order valence-electron chi connectivity index (χ0n) is 19.8. The van der Waals surface area contributed by atoms with Crippen molar-refractivity contribution in [3.8, 4) is 0 Å². The van der Waals surface area contributed by atoms with Crippen LogP contribution in [-0.2, 0) is 26.5 Å². The van der Waals surface area contributed by atoms with Gasteiger partial charge in [0.05, 0.1) is 0 Å². The second-order valence-corrected chi connectivity index (χ2v) is 11.8. The van der Waals surface area contributed by atoms with E-state index in [4.69, 9.17) is 5.73 Å². The molecule has 1 rings (SSSR count). The van der Waals surface area contributed by atoms with E-state index in [1.165, 1.54) is 56.1 Å². The topological polar surface area (TPSA) is 40.9 Å². The van der Waals surface area contributed by atoms with E-state index in [-0.39, 0.29) is 46.5 Å². The predicted molar refractivity (Wildman–Crippen MR) is 119 cm³/mol. The molecule has 0 spiro atoms. The first kappa shape index (κ1) is 36.8. The summed E-state index contributed by atoms with van der Waals surface area (Å²) in [4.78, 5) is 10.3. The monoisotopic (exact) mass is 495 g/mol. The van der Waals surface area contributed by atoms with Gasteiger partial charge in [0.1, 0.15) is 0 Å². The Morgan fingerprint density at radius 1 is 0.931 bits per heavy atom. The summed E-state index contributed by atoms with van der Waals surface area (Å²) < 4.78 is 0. The molecule has 0 aromatic heterocycles.